The summed E-state index contributed by atoms with van der Waals surface area (Å²) in [5, 5.41) is 14.2. The topological polar surface area (TPSA) is 143 Å². The number of benzene rings is 2. The molecule has 2 aromatic carbocycles. The third-order valence-corrected chi connectivity index (χ3v) is 9.03. The van der Waals surface area contributed by atoms with Gasteiger partial charge in [-0.3, -0.25) is 9.67 Å². The second-order valence-corrected chi connectivity index (χ2v) is 12.1. The van der Waals surface area contributed by atoms with E-state index in [1.165, 1.54) is 4.31 Å². The third-order valence-electron chi connectivity index (χ3n) is 6.89. The molecule has 0 radical (unpaired) electrons. The molecule has 1 fully saturated rings. The van der Waals surface area contributed by atoms with Crippen molar-refractivity contribution in [3.8, 4) is 28.8 Å². The SMILES string of the molecule is CCS(=O)(=O)N1CC(CC#N)(n2cc(-c3cnc4ccc(Oc5ccc6nc(C)[nH]c6c5)c(Cl)c4n3)cn2)C1. The van der Waals surface area contributed by atoms with E-state index in [2.05, 4.69) is 26.1 Å². The zero-order valence-electron chi connectivity index (χ0n) is 21.1. The maximum absolute atomic E-state index is 12.3. The Morgan fingerprint density at radius 2 is 1.97 bits per heavy atom. The average Bonchev–Trinajstić information content (AvgIpc) is 3.53. The van der Waals surface area contributed by atoms with Crippen LogP contribution < -0.4 is 4.74 Å². The zero-order chi connectivity index (χ0) is 27.4. The number of rotatable bonds is 7. The van der Waals surface area contributed by atoms with E-state index in [-0.39, 0.29) is 25.3 Å². The predicted octanol–water partition coefficient (Wildman–Crippen LogP) is 4.40. The van der Waals surface area contributed by atoms with E-state index in [1.807, 2.05) is 25.1 Å². The summed E-state index contributed by atoms with van der Waals surface area (Å²) in [4.78, 5) is 16.8. The minimum atomic E-state index is -3.34. The number of H-pyrrole nitrogens is 1. The number of hydrogen-bond donors (Lipinski definition) is 1. The number of nitrogens with zero attached hydrogens (tertiary/aromatic N) is 7. The Morgan fingerprint density at radius 3 is 2.74 bits per heavy atom. The molecule has 3 aromatic heterocycles. The molecular formula is C26H23ClN8O3S. The van der Waals surface area contributed by atoms with Crippen LogP contribution in [-0.2, 0) is 15.6 Å². The first-order chi connectivity index (χ1) is 18.7. The Morgan fingerprint density at radius 1 is 1.18 bits per heavy atom. The number of aryl methyl sites for hydroxylation is 1. The van der Waals surface area contributed by atoms with Crippen LogP contribution in [0, 0.1) is 18.3 Å². The minimum Gasteiger partial charge on any atom is -0.456 e. The van der Waals surface area contributed by atoms with Gasteiger partial charge in [0.15, 0.2) is 0 Å². The molecule has 0 atom stereocenters. The van der Waals surface area contributed by atoms with Gasteiger partial charge in [-0.25, -0.2) is 18.4 Å². The van der Waals surface area contributed by atoms with Gasteiger partial charge in [-0.1, -0.05) is 11.6 Å². The maximum Gasteiger partial charge on any atom is 0.213 e. The summed E-state index contributed by atoms with van der Waals surface area (Å²) in [6.45, 7) is 3.88. The highest BCUT2D eigenvalue weighted by atomic mass is 35.5. The van der Waals surface area contributed by atoms with E-state index >= 15 is 0 Å². The molecule has 1 N–H and O–H groups in total. The molecule has 0 saturated carbocycles. The Balaban J connectivity index is 1.30. The Hall–Kier alpha value is -4.05. The van der Waals surface area contributed by atoms with Crippen LogP contribution in [0.3, 0.4) is 0 Å². The van der Waals surface area contributed by atoms with Crippen molar-refractivity contribution in [2.24, 2.45) is 0 Å². The zero-order valence-corrected chi connectivity index (χ0v) is 22.7. The number of nitriles is 1. The lowest BCUT2D eigenvalue weighted by atomic mass is 9.89. The van der Waals surface area contributed by atoms with Gasteiger partial charge in [-0.05, 0) is 38.1 Å². The van der Waals surface area contributed by atoms with Crippen molar-refractivity contribution >= 4 is 43.7 Å². The van der Waals surface area contributed by atoms with Crippen molar-refractivity contribution in [2.45, 2.75) is 25.8 Å². The third kappa shape index (κ3) is 4.38. The first-order valence-corrected chi connectivity index (χ1v) is 14.2. The van der Waals surface area contributed by atoms with Crippen molar-refractivity contribution in [3.63, 3.8) is 0 Å². The molecular weight excluding hydrogens is 540 g/mol. The van der Waals surface area contributed by atoms with Crippen molar-refractivity contribution in [1.82, 2.24) is 34.0 Å². The first-order valence-electron chi connectivity index (χ1n) is 12.2. The number of nitrogens with one attached hydrogen (secondary N) is 1. The van der Waals surface area contributed by atoms with Gasteiger partial charge in [0.25, 0.3) is 0 Å². The van der Waals surface area contributed by atoms with E-state index in [9.17, 15) is 13.7 Å². The molecule has 1 saturated heterocycles. The molecule has 39 heavy (non-hydrogen) atoms. The van der Waals surface area contributed by atoms with Crippen LogP contribution in [0.15, 0.2) is 48.9 Å². The average molecular weight is 563 g/mol. The molecule has 4 heterocycles. The predicted molar refractivity (Wildman–Crippen MR) is 146 cm³/mol. The van der Waals surface area contributed by atoms with Gasteiger partial charge in [0, 0.05) is 30.9 Å². The van der Waals surface area contributed by atoms with Gasteiger partial charge in [0.2, 0.25) is 10.0 Å². The number of fused-ring (bicyclic) bond motifs is 2. The summed E-state index contributed by atoms with van der Waals surface area (Å²) in [5.41, 5.74) is 3.24. The fraction of sp³-hybridized carbons (Fsp3) is 0.269. The second-order valence-electron chi connectivity index (χ2n) is 9.51. The largest absolute Gasteiger partial charge is 0.456 e. The number of aromatic nitrogens is 6. The molecule has 11 nitrogen and oxygen atoms in total. The summed E-state index contributed by atoms with van der Waals surface area (Å²) in [6.07, 6.45) is 5.14. The molecule has 198 valence electrons. The molecule has 5 aromatic rings. The Labute approximate surface area is 229 Å². The number of ether oxygens (including phenoxy) is 1. The maximum atomic E-state index is 12.3. The molecule has 6 rings (SSSR count). The van der Waals surface area contributed by atoms with Crippen LogP contribution in [0.5, 0.6) is 11.5 Å². The minimum absolute atomic E-state index is 0.0105. The number of imidazole rings is 1. The Kier molecular flexibility index (Phi) is 6.02. The van der Waals surface area contributed by atoms with Crippen molar-refractivity contribution in [3.05, 3.63) is 59.8 Å². The first kappa shape index (κ1) is 25.2. The van der Waals surface area contributed by atoms with Crippen LogP contribution in [0.4, 0.5) is 0 Å². The van der Waals surface area contributed by atoms with Crippen molar-refractivity contribution in [1.29, 1.82) is 5.26 Å². The summed E-state index contributed by atoms with van der Waals surface area (Å²) in [5.74, 6) is 1.86. The summed E-state index contributed by atoms with van der Waals surface area (Å²) < 4.78 is 33.6. The molecule has 0 aliphatic carbocycles. The van der Waals surface area contributed by atoms with Crippen molar-refractivity contribution in [2.75, 3.05) is 18.8 Å². The lowest BCUT2D eigenvalue weighted by Crippen LogP contribution is -2.64. The van der Waals surface area contributed by atoms with Crippen LogP contribution in [0.2, 0.25) is 5.02 Å². The van der Waals surface area contributed by atoms with E-state index in [4.69, 9.17) is 21.3 Å². The van der Waals surface area contributed by atoms with Gasteiger partial charge in [0.05, 0.1) is 52.9 Å². The van der Waals surface area contributed by atoms with Gasteiger partial charge in [0.1, 0.15) is 33.4 Å². The van der Waals surface area contributed by atoms with E-state index in [0.29, 0.717) is 38.8 Å². The monoisotopic (exact) mass is 562 g/mol. The standard InChI is InChI=1S/C26H23ClN8O3S/c1-3-39(36,37)34-14-26(15-34,8-9-28)35-13-17(11-30-35)22-12-29-20-6-7-23(24(27)25(20)33-22)38-18-4-5-19-21(10-18)32-16(2)31-19/h4-7,10-13H,3,8,14-15H2,1-2H3,(H,31,32). The van der Waals surface area contributed by atoms with Crippen LogP contribution in [-0.4, -0.2) is 61.3 Å². The Bertz CT molecular complexity index is 1890. The normalized spacial score (nSPS) is 15.3. The molecule has 0 spiro atoms. The molecule has 1 aliphatic heterocycles. The fourth-order valence-electron chi connectivity index (χ4n) is 4.74. The highest BCUT2D eigenvalue weighted by molar-refractivity contribution is 7.89. The van der Waals surface area contributed by atoms with Crippen LogP contribution in [0.25, 0.3) is 33.3 Å². The molecule has 1 aliphatic rings. The van der Waals surface area contributed by atoms with Gasteiger partial charge in [-0.2, -0.15) is 14.7 Å². The molecule has 0 unspecified atom stereocenters. The van der Waals surface area contributed by atoms with E-state index in [1.54, 1.807) is 42.3 Å². The van der Waals surface area contributed by atoms with E-state index < -0.39 is 15.6 Å². The van der Waals surface area contributed by atoms with Crippen LogP contribution >= 0.6 is 11.6 Å². The van der Waals surface area contributed by atoms with Gasteiger partial charge in [-0.15, -0.1) is 0 Å². The molecule has 13 heteroatoms. The number of hydrogen-bond acceptors (Lipinski definition) is 8. The molecule has 0 amide bonds. The van der Waals surface area contributed by atoms with Crippen LogP contribution in [0.1, 0.15) is 19.2 Å². The van der Waals surface area contributed by atoms with Gasteiger partial charge < -0.3 is 9.72 Å². The summed E-state index contributed by atoms with van der Waals surface area (Å²) in [6, 6.07) is 11.3. The number of sulfonamides is 1. The quantitative estimate of drug-likeness (QED) is 0.307. The molecule has 0 bridgehead atoms. The fourth-order valence-corrected chi connectivity index (χ4v) is 6.22. The highest BCUT2D eigenvalue weighted by Gasteiger charge is 2.49. The number of halogens is 1. The van der Waals surface area contributed by atoms with E-state index in [0.717, 1.165) is 16.9 Å². The number of aromatic amines is 1. The van der Waals surface area contributed by atoms with Gasteiger partial charge >= 0.3 is 0 Å². The smallest absolute Gasteiger partial charge is 0.213 e. The van der Waals surface area contributed by atoms with Crippen molar-refractivity contribution < 1.29 is 13.2 Å². The summed E-state index contributed by atoms with van der Waals surface area (Å²) in [7, 11) is -3.34. The lowest BCUT2D eigenvalue weighted by Gasteiger charge is -2.47. The lowest BCUT2D eigenvalue weighted by molar-refractivity contribution is 0.0719. The summed E-state index contributed by atoms with van der Waals surface area (Å²) >= 11 is 6.73. The highest BCUT2D eigenvalue weighted by Crippen LogP contribution is 2.37. The second kappa shape index (κ2) is 9.30.